The van der Waals surface area contributed by atoms with Gasteiger partial charge in [0.25, 0.3) is 0 Å². The van der Waals surface area contributed by atoms with E-state index in [9.17, 15) is 4.79 Å². The van der Waals surface area contributed by atoms with Gasteiger partial charge in [0.2, 0.25) is 5.91 Å². The number of hydrogen-bond acceptors (Lipinski definition) is 3. The quantitative estimate of drug-likeness (QED) is 0.801. The third-order valence-electron chi connectivity index (χ3n) is 5.47. The van der Waals surface area contributed by atoms with Crippen molar-refractivity contribution >= 4 is 12.0 Å². The average Bonchev–Trinajstić information content (AvgIpc) is 2.75. The van der Waals surface area contributed by atoms with Crippen LogP contribution in [0.3, 0.4) is 0 Å². The highest BCUT2D eigenvalue weighted by Gasteiger charge is 2.26. The standard InChI is InChI=1S/C24H31N3O/c1-20(23-13-7-4-8-14-23)25-24(28)21(2)27-18-16-26(17-19-27)15-9-12-22-10-5-3-6-11-22/h3-14,20-21H,15-19H2,1-2H3,(H,25,28). The van der Waals surface area contributed by atoms with Crippen LogP contribution >= 0.6 is 0 Å². The van der Waals surface area contributed by atoms with Crippen molar-refractivity contribution < 1.29 is 4.79 Å². The fraction of sp³-hybridized carbons (Fsp3) is 0.375. The number of benzene rings is 2. The summed E-state index contributed by atoms with van der Waals surface area (Å²) >= 11 is 0. The number of carbonyl (C=O) groups excluding carboxylic acids is 1. The molecule has 1 heterocycles. The summed E-state index contributed by atoms with van der Waals surface area (Å²) < 4.78 is 0. The monoisotopic (exact) mass is 377 g/mol. The molecular weight excluding hydrogens is 346 g/mol. The minimum atomic E-state index is -0.104. The molecule has 0 radical (unpaired) electrons. The smallest absolute Gasteiger partial charge is 0.237 e. The van der Waals surface area contributed by atoms with Crippen molar-refractivity contribution in [2.45, 2.75) is 25.9 Å². The summed E-state index contributed by atoms with van der Waals surface area (Å²) in [5, 5.41) is 3.15. The second-order valence-electron chi connectivity index (χ2n) is 7.47. The highest BCUT2D eigenvalue weighted by Crippen LogP contribution is 2.13. The van der Waals surface area contributed by atoms with Crippen molar-refractivity contribution in [3.05, 3.63) is 77.9 Å². The molecule has 0 bridgehead atoms. The van der Waals surface area contributed by atoms with Gasteiger partial charge in [-0.3, -0.25) is 14.6 Å². The predicted molar refractivity (Wildman–Crippen MR) is 116 cm³/mol. The molecule has 0 aromatic heterocycles. The Labute approximate surface area is 168 Å². The van der Waals surface area contributed by atoms with Crippen LogP contribution < -0.4 is 5.32 Å². The summed E-state index contributed by atoms with van der Waals surface area (Å²) in [6, 6.07) is 20.4. The number of nitrogens with one attached hydrogen (secondary N) is 1. The first-order chi connectivity index (χ1) is 13.6. The Morgan fingerprint density at radius 3 is 2.21 bits per heavy atom. The van der Waals surface area contributed by atoms with E-state index in [2.05, 4.69) is 63.7 Å². The van der Waals surface area contributed by atoms with E-state index in [1.807, 2.05) is 38.1 Å². The van der Waals surface area contributed by atoms with Crippen LogP contribution in [0.1, 0.15) is 31.0 Å². The fourth-order valence-corrected chi connectivity index (χ4v) is 3.56. The van der Waals surface area contributed by atoms with Gasteiger partial charge in [-0.05, 0) is 25.0 Å². The first-order valence-electron chi connectivity index (χ1n) is 10.2. The third-order valence-corrected chi connectivity index (χ3v) is 5.47. The van der Waals surface area contributed by atoms with Crippen LogP contribution in [0.15, 0.2) is 66.7 Å². The molecule has 2 atom stereocenters. The summed E-state index contributed by atoms with van der Waals surface area (Å²) in [7, 11) is 0. The van der Waals surface area contributed by atoms with E-state index in [1.54, 1.807) is 0 Å². The molecule has 2 unspecified atom stereocenters. The van der Waals surface area contributed by atoms with E-state index in [0.717, 1.165) is 38.3 Å². The van der Waals surface area contributed by atoms with Gasteiger partial charge in [0.1, 0.15) is 0 Å². The van der Waals surface area contributed by atoms with Crippen molar-refractivity contribution in [1.29, 1.82) is 0 Å². The molecule has 0 aliphatic carbocycles. The van der Waals surface area contributed by atoms with Crippen molar-refractivity contribution in [3.63, 3.8) is 0 Å². The summed E-state index contributed by atoms with van der Waals surface area (Å²) in [4.78, 5) is 17.4. The van der Waals surface area contributed by atoms with Crippen LogP contribution in [-0.4, -0.2) is 54.5 Å². The van der Waals surface area contributed by atoms with Gasteiger partial charge in [0.15, 0.2) is 0 Å². The lowest BCUT2D eigenvalue weighted by molar-refractivity contribution is -0.127. The van der Waals surface area contributed by atoms with Gasteiger partial charge in [0.05, 0.1) is 12.1 Å². The molecular formula is C24H31N3O. The minimum absolute atomic E-state index is 0.0283. The van der Waals surface area contributed by atoms with Gasteiger partial charge in [-0.1, -0.05) is 72.8 Å². The molecule has 148 valence electrons. The van der Waals surface area contributed by atoms with E-state index in [0.29, 0.717) is 0 Å². The van der Waals surface area contributed by atoms with Crippen molar-refractivity contribution in [1.82, 2.24) is 15.1 Å². The summed E-state index contributed by atoms with van der Waals surface area (Å²) in [6.07, 6.45) is 4.40. The van der Waals surface area contributed by atoms with E-state index in [1.165, 1.54) is 5.56 Å². The molecule has 1 amide bonds. The molecule has 0 saturated carbocycles. The molecule has 2 aromatic carbocycles. The second kappa shape index (κ2) is 10.2. The maximum atomic E-state index is 12.7. The molecule has 1 N–H and O–H groups in total. The zero-order chi connectivity index (χ0) is 19.8. The lowest BCUT2D eigenvalue weighted by Crippen LogP contribution is -2.54. The Bertz CT molecular complexity index is 752. The van der Waals surface area contributed by atoms with Crippen LogP contribution in [-0.2, 0) is 4.79 Å². The molecule has 28 heavy (non-hydrogen) atoms. The van der Waals surface area contributed by atoms with E-state index < -0.39 is 0 Å². The van der Waals surface area contributed by atoms with Gasteiger partial charge in [0, 0.05) is 32.7 Å². The number of rotatable bonds is 7. The van der Waals surface area contributed by atoms with Gasteiger partial charge < -0.3 is 5.32 Å². The second-order valence-corrected chi connectivity index (χ2v) is 7.47. The van der Waals surface area contributed by atoms with Crippen LogP contribution in [0.5, 0.6) is 0 Å². The maximum Gasteiger partial charge on any atom is 0.237 e. The Kier molecular flexibility index (Phi) is 7.40. The minimum Gasteiger partial charge on any atom is -0.348 e. The highest BCUT2D eigenvalue weighted by atomic mass is 16.2. The molecule has 4 heteroatoms. The van der Waals surface area contributed by atoms with E-state index in [-0.39, 0.29) is 18.0 Å². The van der Waals surface area contributed by atoms with Crippen molar-refractivity contribution in [2.24, 2.45) is 0 Å². The van der Waals surface area contributed by atoms with Crippen molar-refractivity contribution in [2.75, 3.05) is 32.7 Å². The molecule has 1 aliphatic heterocycles. The zero-order valence-corrected chi connectivity index (χ0v) is 16.9. The zero-order valence-electron chi connectivity index (χ0n) is 16.9. The van der Waals surface area contributed by atoms with Crippen molar-refractivity contribution in [3.8, 4) is 0 Å². The summed E-state index contributed by atoms with van der Waals surface area (Å²) in [6.45, 7) is 8.83. The largest absolute Gasteiger partial charge is 0.348 e. The average molecular weight is 378 g/mol. The number of amides is 1. The van der Waals surface area contributed by atoms with Crippen LogP contribution in [0.25, 0.3) is 6.08 Å². The van der Waals surface area contributed by atoms with Crippen LogP contribution in [0, 0.1) is 0 Å². The molecule has 3 rings (SSSR count). The SMILES string of the molecule is CC(NC(=O)C(C)N1CCN(CC=Cc2ccccc2)CC1)c1ccccc1. The molecule has 0 spiro atoms. The number of nitrogens with zero attached hydrogens (tertiary/aromatic N) is 2. The lowest BCUT2D eigenvalue weighted by Gasteiger charge is -2.37. The number of piperazine rings is 1. The Morgan fingerprint density at radius 1 is 0.964 bits per heavy atom. The van der Waals surface area contributed by atoms with Gasteiger partial charge >= 0.3 is 0 Å². The fourth-order valence-electron chi connectivity index (χ4n) is 3.56. The number of carbonyl (C=O) groups is 1. The third kappa shape index (κ3) is 5.78. The lowest BCUT2D eigenvalue weighted by atomic mass is 10.1. The summed E-state index contributed by atoms with van der Waals surface area (Å²) in [5.41, 5.74) is 2.37. The van der Waals surface area contributed by atoms with Gasteiger partial charge in [-0.25, -0.2) is 0 Å². The Balaban J connectivity index is 1.42. The molecule has 4 nitrogen and oxygen atoms in total. The number of hydrogen-bond donors (Lipinski definition) is 1. The summed E-state index contributed by atoms with van der Waals surface area (Å²) in [5.74, 6) is 0.105. The predicted octanol–water partition coefficient (Wildman–Crippen LogP) is 3.58. The van der Waals surface area contributed by atoms with E-state index in [4.69, 9.17) is 0 Å². The Hall–Kier alpha value is -2.43. The molecule has 1 aliphatic rings. The molecule has 1 saturated heterocycles. The first-order valence-corrected chi connectivity index (χ1v) is 10.2. The van der Waals surface area contributed by atoms with Gasteiger partial charge in [-0.2, -0.15) is 0 Å². The van der Waals surface area contributed by atoms with Crippen LogP contribution in [0.2, 0.25) is 0 Å². The molecule has 1 fully saturated rings. The topological polar surface area (TPSA) is 35.6 Å². The molecule has 2 aromatic rings. The maximum absolute atomic E-state index is 12.7. The highest BCUT2D eigenvalue weighted by molar-refractivity contribution is 5.81. The van der Waals surface area contributed by atoms with E-state index >= 15 is 0 Å². The van der Waals surface area contributed by atoms with Crippen LogP contribution in [0.4, 0.5) is 0 Å². The van der Waals surface area contributed by atoms with Gasteiger partial charge in [-0.15, -0.1) is 0 Å². The first kappa shape index (κ1) is 20.3. The Morgan fingerprint density at radius 2 is 1.57 bits per heavy atom. The normalized spacial score (nSPS) is 18.1.